The van der Waals surface area contributed by atoms with Crippen molar-refractivity contribution in [2.45, 2.75) is 60.0 Å². The van der Waals surface area contributed by atoms with Crippen molar-refractivity contribution in [3.05, 3.63) is 58.0 Å². The lowest BCUT2D eigenvalue weighted by atomic mass is 9.72. The molecule has 3 aromatic rings. The van der Waals surface area contributed by atoms with Gasteiger partial charge in [-0.05, 0) is 67.5 Å². The highest BCUT2D eigenvalue weighted by atomic mass is 32.1. The summed E-state index contributed by atoms with van der Waals surface area (Å²) in [6, 6.07) is 14.8. The minimum absolute atomic E-state index is 0.121. The van der Waals surface area contributed by atoms with E-state index in [4.69, 9.17) is 9.73 Å². The zero-order chi connectivity index (χ0) is 22.2. The van der Waals surface area contributed by atoms with Crippen LogP contribution in [-0.2, 0) is 12.8 Å². The van der Waals surface area contributed by atoms with Gasteiger partial charge in [-0.1, -0.05) is 45.0 Å². The number of hydrogen-bond acceptors (Lipinski definition) is 4. The number of hydrogen-bond donors (Lipinski definition) is 0. The number of aliphatic imine (C=N–C) groups is 1. The van der Waals surface area contributed by atoms with Gasteiger partial charge in [0.15, 0.2) is 0 Å². The van der Waals surface area contributed by atoms with Crippen molar-refractivity contribution >= 4 is 33.3 Å². The Labute approximate surface area is 189 Å². The summed E-state index contributed by atoms with van der Waals surface area (Å²) in [6.07, 6.45) is 5.21. The van der Waals surface area contributed by atoms with Crippen molar-refractivity contribution in [1.82, 2.24) is 0 Å². The van der Waals surface area contributed by atoms with Crippen LogP contribution in [0, 0.1) is 22.7 Å². The van der Waals surface area contributed by atoms with Crippen molar-refractivity contribution in [2.24, 2.45) is 16.3 Å². The summed E-state index contributed by atoms with van der Waals surface area (Å²) in [5, 5.41) is 12.9. The van der Waals surface area contributed by atoms with Crippen LogP contribution in [-0.4, -0.2) is 12.3 Å². The van der Waals surface area contributed by atoms with E-state index in [2.05, 4.69) is 45.0 Å². The molecular weight excluding hydrogens is 400 g/mol. The van der Waals surface area contributed by atoms with Gasteiger partial charge in [0, 0.05) is 22.0 Å². The van der Waals surface area contributed by atoms with Gasteiger partial charge in [0.05, 0.1) is 11.7 Å². The Hall–Kier alpha value is -2.64. The van der Waals surface area contributed by atoms with Crippen molar-refractivity contribution in [3.63, 3.8) is 0 Å². The summed E-state index contributed by atoms with van der Waals surface area (Å²) in [6.45, 7) is 11.0. The molecule has 0 fully saturated rings. The van der Waals surface area contributed by atoms with E-state index < -0.39 is 0 Å². The van der Waals surface area contributed by atoms with E-state index >= 15 is 0 Å². The van der Waals surface area contributed by atoms with Gasteiger partial charge in [0.1, 0.15) is 16.8 Å². The zero-order valence-electron chi connectivity index (χ0n) is 19.0. The van der Waals surface area contributed by atoms with Crippen molar-refractivity contribution in [3.8, 4) is 11.8 Å². The third-order valence-electron chi connectivity index (χ3n) is 6.18. The lowest BCUT2D eigenvalue weighted by molar-refractivity contribution is 0.218. The zero-order valence-corrected chi connectivity index (χ0v) is 19.8. The van der Waals surface area contributed by atoms with Gasteiger partial charge >= 0.3 is 0 Å². The Bertz CT molecular complexity index is 1170. The Morgan fingerprint density at radius 3 is 2.58 bits per heavy atom. The first kappa shape index (κ1) is 21.6. The fourth-order valence-corrected chi connectivity index (χ4v) is 5.63. The number of ether oxygens (including phenoxy) is 1. The fourth-order valence-electron chi connectivity index (χ4n) is 4.41. The second kappa shape index (κ2) is 8.48. The van der Waals surface area contributed by atoms with Gasteiger partial charge < -0.3 is 4.74 Å². The lowest BCUT2D eigenvalue weighted by Crippen LogP contribution is -2.26. The highest BCUT2D eigenvalue weighted by molar-refractivity contribution is 7.16. The molecule has 4 rings (SSSR count). The van der Waals surface area contributed by atoms with Crippen LogP contribution < -0.4 is 4.74 Å². The summed E-state index contributed by atoms with van der Waals surface area (Å²) in [7, 11) is 0. The Kier molecular flexibility index (Phi) is 5.90. The van der Waals surface area contributed by atoms with Crippen LogP contribution in [0.5, 0.6) is 5.75 Å². The van der Waals surface area contributed by atoms with E-state index in [-0.39, 0.29) is 11.5 Å². The van der Waals surface area contributed by atoms with Crippen LogP contribution in [0.1, 0.15) is 62.6 Å². The Morgan fingerprint density at radius 2 is 1.90 bits per heavy atom. The van der Waals surface area contributed by atoms with E-state index in [0.717, 1.165) is 51.9 Å². The summed E-state index contributed by atoms with van der Waals surface area (Å²) in [5.41, 5.74) is 3.32. The minimum Gasteiger partial charge on any atom is -0.490 e. The molecule has 0 N–H and O–H groups in total. The van der Waals surface area contributed by atoms with E-state index in [1.807, 2.05) is 38.3 Å². The van der Waals surface area contributed by atoms with Gasteiger partial charge in [-0.25, -0.2) is 4.99 Å². The molecule has 1 atom stereocenters. The maximum atomic E-state index is 9.84. The SMILES string of the molecule is CC(C)Oc1ccc(C=Nc2sc3c(c2C#N)CC[C@@H](C(C)(C)C)C3)c2ccccc12. The van der Waals surface area contributed by atoms with Crippen molar-refractivity contribution in [2.75, 3.05) is 0 Å². The van der Waals surface area contributed by atoms with Gasteiger partial charge in [0.2, 0.25) is 0 Å². The lowest BCUT2D eigenvalue weighted by Gasteiger charge is -2.33. The molecule has 0 unspecified atom stereocenters. The van der Waals surface area contributed by atoms with Gasteiger partial charge in [-0.15, -0.1) is 11.3 Å². The number of nitrogens with zero attached hydrogens (tertiary/aromatic N) is 2. The molecule has 1 heterocycles. The summed E-state index contributed by atoms with van der Waals surface area (Å²) in [4.78, 5) is 6.16. The molecule has 1 aliphatic rings. The van der Waals surface area contributed by atoms with Crippen LogP contribution in [0.2, 0.25) is 0 Å². The van der Waals surface area contributed by atoms with Crippen LogP contribution in [0.25, 0.3) is 10.8 Å². The van der Waals surface area contributed by atoms with Crippen LogP contribution in [0.15, 0.2) is 41.4 Å². The van der Waals surface area contributed by atoms with E-state index in [1.54, 1.807) is 11.3 Å². The molecule has 0 aliphatic heterocycles. The first-order valence-electron chi connectivity index (χ1n) is 11.0. The molecule has 0 saturated carbocycles. The molecule has 0 spiro atoms. The first-order chi connectivity index (χ1) is 14.8. The molecule has 0 saturated heterocycles. The molecule has 0 radical (unpaired) electrons. The predicted molar refractivity (Wildman–Crippen MR) is 131 cm³/mol. The second-order valence-electron chi connectivity index (χ2n) is 9.72. The van der Waals surface area contributed by atoms with Gasteiger partial charge in [-0.3, -0.25) is 0 Å². The maximum Gasteiger partial charge on any atom is 0.134 e. The number of rotatable bonds is 4. The fraction of sp³-hybridized carbons (Fsp3) is 0.407. The quantitative estimate of drug-likeness (QED) is 0.403. The second-order valence-corrected chi connectivity index (χ2v) is 10.8. The van der Waals surface area contributed by atoms with E-state index in [0.29, 0.717) is 5.92 Å². The smallest absolute Gasteiger partial charge is 0.134 e. The minimum atomic E-state index is 0.121. The van der Waals surface area contributed by atoms with Crippen molar-refractivity contribution < 1.29 is 4.74 Å². The monoisotopic (exact) mass is 430 g/mol. The van der Waals surface area contributed by atoms with Crippen molar-refractivity contribution in [1.29, 1.82) is 5.26 Å². The number of thiophene rings is 1. The molecular formula is C27H30N2OS. The van der Waals surface area contributed by atoms with E-state index in [9.17, 15) is 5.26 Å². The summed E-state index contributed by atoms with van der Waals surface area (Å²) >= 11 is 1.70. The predicted octanol–water partition coefficient (Wildman–Crippen LogP) is 7.46. The maximum absolute atomic E-state index is 9.84. The largest absolute Gasteiger partial charge is 0.490 e. The number of benzene rings is 2. The van der Waals surface area contributed by atoms with Crippen LogP contribution in [0.3, 0.4) is 0 Å². The average Bonchev–Trinajstić information content (AvgIpc) is 3.09. The average molecular weight is 431 g/mol. The molecule has 3 nitrogen and oxygen atoms in total. The topological polar surface area (TPSA) is 45.4 Å². The first-order valence-corrected chi connectivity index (χ1v) is 11.9. The molecule has 1 aliphatic carbocycles. The molecule has 160 valence electrons. The highest BCUT2D eigenvalue weighted by Gasteiger charge is 2.32. The molecule has 2 aromatic carbocycles. The molecule has 0 bridgehead atoms. The summed E-state index contributed by atoms with van der Waals surface area (Å²) < 4.78 is 5.99. The number of nitriles is 1. The Balaban J connectivity index is 1.70. The third-order valence-corrected chi connectivity index (χ3v) is 7.35. The molecule has 1 aromatic heterocycles. The third kappa shape index (κ3) is 4.38. The summed E-state index contributed by atoms with van der Waals surface area (Å²) in [5.74, 6) is 1.54. The molecule has 4 heteroatoms. The molecule has 0 amide bonds. The number of fused-ring (bicyclic) bond motifs is 2. The van der Waals surface area contributed by atoms with Crippen LogP contribution >= 0.6 is 11.3 Å². The van der Waals surface area contributed by atoms with E-state index in [1.165, 1.54) is 10.4 Å². The molecule has 31 heavy (non-hydrogen) atoms. The van der Waals surface area contributed by atoms with Crippen LogP contribution in [0.4, 0.5) is 5.00 Å². The standard InChI is InChI=1S/C27H30N2OS/c1-17(2)30-24-13-10-18(20-8-6-7-9-21(20)24)16-29-26-23(15-28)22-12-11-19(27(3,4)5)14-25(22)31-26/h6-10,13,16-17,19H,11-12,14H2,1-5H3/t19-/m1/s1. The van der Waals surface area contributed by atoms with Gasteiger partial charge in [-0.2, -0.15) is 5.26 Å². The Morgan fingerprint density at radius 1 is 1.16 bits per heavy atom. The highest BCUT2D eigenvalue weighted by Crippen LogP contribution is 2.45. The van der Waals surface area contributed by atoms with Gasteiger partial charge in [0.25, 0.3) is 0 Å². The normalized spacial score (nSPS) is 16.6.